The fourth-order valence-corrected chi connectivity index (χ4v) is 4.39. The summed E-state index contributed by atoms with van der Waals surface area (Å²) in [4.78, 5) is 45.8. The van der Waals surface area contributed by atoms with Gasteiger partial charge >= 0.3 is 18.1 Å². The van der Waals surface area contributed by atoms with Gasteiger partial charge in [0.1, 0.15) is 34.3 Å². The number of halogens is 5. The van der Waals surface area contributed by atoms with Gasteiger partial charge in [-0.2, -0.15) is 27.1 Å². The number of rotatable bonds is 6. The zero-order valence-electron chi connectivity index (χ0n) is 24.0. The zero-order chi connectivity index (χ0) is 32.4. The molecule has 0 aliphatic carbocycles. The summed E-state index contributed by atoms with van der Waals surface area (Å²) in [5, 5.41) is 6.25. The Hall–Kier alpha value is -4.83. The molecular weight excluding hydrogens is 557 g/mol. The molecule has 0 saturated heterocycles. The second-order valence-corrected chi connectivity index (χ2v) is 9.14. The number of carbonyl (C=O) groups is 2. The number of pyridine rings is 1. The second kappa shape index (κ2) is 9.38. The monoisotopic (exact) mass is 580 g/mol. The lowest BCUT2D eigenvalue weighted by atomic mass is 9.78. The van der Waals surface area contributed by atoms with Crippen molar-refractivity contribution in [2.24, 2.45) is 6.98 Å². The summed E-state index contributed by atoms with van der Waals surface area (Å²) in [6.07, 6.45) is -6.26. The van der Waals surface area contributed by atoms with Gasteiger partial charge in [-0.25, -0.2) is 29.7 Å². The summed E-state index contributed by atoms with van der Waals surface area (Å²) in [5.41, 5.74) is 4.35. The lowest BCUT2D eigenvalue weighted by Gasteiger charge is -2.23. The molecule has 5 rings (SSSR count). The van der Waals surface area contributed by atoms with E-state index in [1.165, 1.54) is 25.3 Å². The van der Waals surface area contributed by atoms with Gasteiger partial charge in [-0.1, -0.05) is 0 Å². The van der Waals surface area contributed by atoms with Crippen molar-refractivity contribution in [2.45, 2.75) is 37.3 Å². The number of nitrogen functional groups attached to an aromatic ring is 1. The van der Waals surface area contributed by atoms with Crippen LogP contribution in [-0.4, -0.2) is 65.8 Å². The van der Waals surface area contributed by atoms with Gasteiger partial charge in [-0.15, -0.1) is 0 Å². The molecule has 0 aromatic carbocycles. The van der Waals surface area contributed by atoms with Crippen molar-refractivity contribution in [1.82, 2.24) is 34.7 Å². The van der Waals surface area contributed by atoms with Crippen LogP contribution >= 0.6 is 0 Å². The van der Waals surface area contributed by atoms with Crippen LogP contribution in [0.25, 0.3) is 22.6 Å². The van der Waals surface area contributed by atoms with Crippen LogP contribution in [0.5, 0.6) is 0 Å². The molecule has 0 radical (unpaired) electrons. The highest BCUT2D eigenvalue weighted by atomic mass is 19.4. The summed E-state index contributed by atoms with van der Waals surface area (Å²) in [5.74, 6) is -7.74. The molecule has 12 nitrogen and oxygen atoms in total. The molecule has 0 fully saturated rings. The van der Waals surface area contributed by atoms with Crippen LogP contribution in [0, 0.1) is 0 Å². The standard InChI is InChI=1S/C24H20F5N9O3/c1-22(10-5-7-31-12(8-10)20(39)41-3)14-16(30)35-18(36-17(14)37-21(22)40)15-11-9-32-38(2)19(11)34-13(33-15)4-6-23(25,26)24(27,28)29/h5,7-9H,4,6H2,1-3H3,(H3,30,35,36,37,40)/i2D3. The molecular formula is C24H20F5N9O3. The van der Waals surface area contributed by atoms with Gasteiger partial charge in [0.15, 0.2) is 11.5 Å². The lowest BCUT2D eigenvalue weighted by molar-refractivity contribution is -0.284. The van der Waals surface area contributed by atoms with Gasteiger partial charge in [0, 0.05) is 30.1 Å². The number of methoxy groups -OCH3 is 1. The van der Waals surface area contributed by atoms with E-state index in [0.717, 1.165) is 13.3 Å². The minimum atomic E-state index is -5.84. The molecule has 1 aliphatic rings. The first-order valence-electron chi connectivity index (χ1n) is 13.1. The molecule has 5 heterocycles. The third kappa shape index (κ3) is 4.46. The predicted molar refractivity (Wildman–Crippen MR) is 132 cm³/mol. The van der Waals surface area contributed by atoms with Gasteiger partial charge in [0.25, 0.3) is 0 Å². The number of esters is 1. The molecule has 1 unspecified atom stereocenters. The van der Waals surface area contributed by atoms with E-state index in [9.17, 15) is 31.5 Å². The summed E-state index contributed by atoms with van der Waals surface area (Å²) in [6, 6.07) is 2.79. The number of aromatic nitrogens is 7. The minimum Gasteiger partial charge on any atom is -0.464 e. The number of fused-ring (bicyclic) bond motifs is 2. The number of hydrogen-bond donors (Lipinski definition) is 2. The number of nitrogens with two attached hydrogens (primary N) is 1. The van der Waals surface area contributed by atoms with E-state index in [1.54, 1.807) is 0 Å². The van der Waals surface area contributed by atoms with Gasteiger partial charge in [0.2, 0.25) is 5.91 Å². The third-order valence-corrected chi connectivity index (χ3v) is 6.62. The number of hydrogen-bond acceptors (Lipinski definition) is 10. The van der Waals surface area contributed by atoms with Crippen LogP contribution in [0.2, 0.25) is 0 Å². The molecule has 0 saturated carbocycles. The van der Waals surface area contributed by atoms with Crippen LogP contribution in [0.15, 0.2) is 24.5 Å². The van der Waals surface area contributed by atoms with Crippen molar-refractivity contribution in [3.63, 3.8) is 0 Å². The number of carbonyl (C=O) groups excluding carboxylic acids is 2. The van der Waals surface area contributed by atoms with Gasteiger partial charge in [-0.05, 0) is 24.6 Å². The van der Waals surface area contributed by atoms with Crippen molar-refractivity contribution >= 4 is 34.5 Å². The fourth-order valence-electron chi connectivity index (χ4n) is 4.39. The van der Waals surface area contributed by atoms with Crippen molar-refractivity contribution in [3.05, 3.63) is 47.2 Å². The average Bonchev–Trinajstić information content (AvgIpc) is 3.49. The first-order valence-corrected chi connectivity index (χ1v) is 11.6. The number of amides is 1. The Kier molecular flexibility index (Phi) is 5.49. The predicted octanol–water partition coefficient (Wildman–Crippen LogP) is 2.97. The molecule has 0 bridgehead atoms. The Morgan fingerprint density at radius 1 is 1.22 bits per heavy atom. The first-order chi connectivity index (χ1) is 20.4. The smallest absolute Gasteiger partial charge is 0.453 e. The van der Waals surface area contributed by atoms with Crippen molar-refractivity contribution in [1.29, 1.82) is 0 Å². The number of aryl methyl sites for hydroxylation is 2. The van der Waals surface area contributed by atoms with E-state index in [2.05, 4.69) is 40.1 Å². The maximum Gasteiger partial charge on any atom is 0.453 e. The van der Waals surface area contributed by atoms with Crippen LogP contribution in [0.4, 0.5) is 33.6 Å². The van der Waals surface area contributed by atoms with E-state index in [-0.39, 0.29) is 45.4 Å². The molecule has 41 heavy (non-hydrogen) atoms. The Morgan fingerprint density at radius 3 is 2.66 bits per heavy atom. The van der Waals surface area contributed by atoms with E-state index >= 15 is 0 Å². The lowest BCUT2D eigenvalue weighted by Crippen LogP contribution is -2.36. The topological polar surface area (TPSA) is 164 Å². The summed E-state index contributed by atoms with van der Waals surface area (Å²) < 4.78 is 94.1. The highest BCUT2D eigenvalue weighted by Gasteiger charge is 2.56. The van der Waals surface area contributed by atoms with Crippen LogP contribution in [0.3, 0.4) is 0 Å². The van der Waals surface area contributed by atoms with Crippen molar-refractivity contribution in [3.8, 4) is 11.5 Å². The van der Waals surface area contributed by atoms with Gasteiger partial charge in [0.05, 0.1) is 24.3 Å². The molecule has 214 valence electrons. The Labute approximate surface area is 231 Å². The highest BCUT2D eigenvalue weighted by Crippen LogP contribution is 2.45. The molecule has 3 N–H and O–H groups in total. The van der Waals surface area contributed by atoms with Crippen LogP contribution in [0.1, 0.15) is 44.9 Å². The molecule has 1 aliphatic heterocycles. The summed E-state index contributed by atoms with van der Waals surface area (Å²) in [7, 11) is 1.16. The molecule has 1 atom stereocenters. The zero-order valence-corrected chi connectivity index (χ0v) is 21.0. The Bertz CT molecular complexity index is 1830. The quantitative estimate of drug-likeness (QED) is 0.256. The maximum absolute atomic E-state index is 13.7. The normalized spacial score (nSPS) is 18.4. The number of nitrogens with zero attached hydrogens (tertiary/aromatic N) is 7. The molecule has 1 amide bonds. The van der Waals surface area contributed by atoms with E-state index in [1.807, 2.05) is 0 Å². The molecule has 17 heteroatoms. The number of ether oxygens (including phenoxy) is 1. The van der Waals surface area contributed by atoms with Crippen LogP contribution < -0.4 is 11.1 Å². The Morgan fingerprint density at radius 2 is 1.98 bits per heavy atom. The largest absolute Gasteiger partial charge is 0.464 e. The van der Waals surface area contributed by atoms with Gasteiger partial charge < -0.3 is 15.8 Å². The fraction of sp³-hybridized carbons (Fsp3) is 0.333. The van der Waals surface area contributed by atoms with E-state index in [4.69, 9.17) is 9.85 Å². The van der Waals surface area contributed by atoms with Crippen molar-refractivity contribution < 1.29 is 40.4 Å². The van der Waals surface area contributed by atoms with Crippen molar-refractivity contribution in [2.75, 3.05) is 18.2 Å². The Balaban J connectivity index is 1.65. The summed E-state index contributed by atoms with van der Waals surface area (Å²) >= 11 is 0. The number of nitrogens with one attached hydrogen (secondary N) is 1. The second-order valence-electron chi connectivity index (χ2n) is 9.14. The number of anilines is 2. The number of alkyl halides is 5. The molecule has 4 aromatic rings. The first kappa shape index (κ1) is 24.0. The minimum absolute atomic E-state index is 0.0873. The van der Waals surface area contributed by atoms with Crippen LogP contribution in [-0.2, 0) is 28.3 Å². The molecule has 0 spiro atoms. The highest BCUT2D eigenvalue weighted by molar-refractivity contribution is 6.09. The van der Waals surface area contributed by atoms with Gasteiger partial charge in [-0.3, -0.25) is 9.48 Å². The molecule has 4 aromatic heterocycles. The maximum atomic E-state index is 13.7. The average molecular weight is 580 g/mol. The third-order valence-electron chi connectivity index (χ3n) is 6.62. The van der Waals surface area contributed by atoms with E-state index in [0.29, 0.717) is 4.68 Å². The van der Waals surface area contributed by atoms with E-state index < -0.39 is 60.7 Å². The summed E-state index contributed by atoms with van der Waals surface area (Å²) in [6.45, 7) is -1.42. The SMILES string of the molecule is [2H]C([2H])([2H])n1ncc2c(-c3nc(N)c4c(n3)NC(=O)C4(C)c3ccnc(C(=O)OC)c3)nc(CCC(F)(F)C(F)(F)F)nc21.